The minimum absolute atomic E-state index is 0.142. The van der Waals surface area contributed by atoms with Gasteiger partial charge in [-0.3, -0.25) is 10.1 Å². The molecule has 1 aromatic rings. The standard InChI is InChI=1S/C10H16N4O3S/c1-4-11-9-8(14(16)17)10(13-5-12-9)18-7(3)6(2)15/h5-7,15H,4H2,1-3H3,(H,11,12,13). The van der Waals surface area contributed by atoms with Crippen molar-refractivity contribution in [3.63, 3.8) is 0 Å². The summed E-state index contributed by atoms with van der Waals surface area (Å²) in [5.41, 5.74) is -0.142. The Kier molecular flexibility index (Phi) is 5.29. The first kappa shape index (κ1) is 14.7. The van der Waals surface area contributed by atoms with Crippen molar-refractivity contribution < 1.29 is 10.0 Å². The summed E-state index contributed by atoms with van der Waals surface area (Å²) in [4.78, 5) is 18.4. The van der Waals surface area contributed by atoms with Crippen LogP contribution in [0.1, 0.15) is 20.8 Å². The Hall–Kier alpha value is -1.41. The number of anilines is 1. The highest BCUT2D eigenvalue weighted by Gasteiger charge is 2.25. The number of hydrogen-bond acceptors (Lipinski definition) is 7. The third-order valence-corrected chi connectivity index (χ3v) is 3.58. The van der Waals surface area contributed by atoms with Gasteiger partial charge in [0.1, 0.15) is 6.33 Å². The number of nitrogens with zero attached hydrogens (tertiary/aromatic N) is 3. The second-order valence-corrected chi connectivity index (χ2v) is 5.09. The van der Waals surface area contributed by atoms with Crippen molar-refractivity contribution in [1.29, 1.82) is 0 Å². The van der Waals surface area contributed by atoms with E-state index in [1.165, 1.54) is 6.33 Å². The number of thioether (sulfide) groups is 1. The molecule has 0 aromatic carbocycles. The van der Waals surface area contributed by atoms with E-state index in [9.17, 15) is 15.2 Å². The Morgan fingerprint density at radius 1 is 1.56 bits per heavy atom. The number of hydrogen-bond donors (Lipinski definition) is 2. The van der Waals surface area contributed by atoms with Gasteiger partial charge in [0.15, 0.2) is 5.03 Å². The van der Waals surface area contributed by atoms with E-state index in [2.05, 4.69) is 15.3 Å². The van der Waals surface area contributed by atoms with Gasteiger partial charge in [0.2, 0.25) is 5.82 Å². The van der Waals surface area contributed by atoms with Crippen molar-refractivity contribution in [2.75, 3.05) is 11.9 Å². The fraction of sp³-hybridized carbons (Fsp3) is 0.600. The van der Waals surface area contributed by atoms with Crippen LogP contribution < -0.4 is 5.32 Å². The van der Waals surface area contributed by atoms with E-state index in [1.807, 2.05) is 6.92 Å². The van der Waals surface area contributed by atoms with Gasteiger partial charge in [-0.1, -0.05) is 18.7 Å². The van der Waals surface area contributed by atoms with Crippen LogP contribution >= 0.6 is 11.8 Å². The molecule has 0 aliphatic rings. The minimum atomic E-state index is -0.577. The summed E-state index contributed by atoms with van der Waals surface area (Å²) in [5, 5.41) is 23.4. The molecule has 0 saturated heterocycles. The van der Waals surface area contributed by atoms with Crippen molar-refractivity contribution in [2.45, 2.75) is 37.2 Å². The van der Waals surface area contributed by atoms with Crippen LogP contribution in [-0.2, 0) is 0 Å². The van der Waals surface area contributed by atoms with Crippen LogP contribution in [0.15, 0.2) is 11.4 Å². The van der Waals surface area contributed by atoms with Crippen LogP contribution in [0.3, 0.4) is 0 Å². The molecule has 0 saturated carbocycles. The van der Waals surface area contributed by atoms with Crippen LogP contribution in [0.25, 0.3) is 0 Å². The maximum absolute atomic E-state index is 11.1. The van der Waals surface area contributed by atoms with Crippen molar-refractivity contribution in [1.82, 2.24) is 9.97 Å². The smallest absolute Gasteiger partial charge is 0.343 e. The lowest BCUT2D eigenvalue weighted by Gasteiger charge is -2.13. The molecule has 0 radical (unpaired) electrons. The molecule has 0 aliphatic heterocycles. The number of nitro groups is 1. The predicted octanol–water partition coefficient (Wildman–Crippen LogP) is 1.68. The van der Waals surface area contributed by atoms with E-state index in [0.717, 1.165) is 11.8 Å². The van der Waals surface area contributed by atoms with E-state index in [0.29, 0.717) is 6.54 Å². The van der Waals surface area contributed by atoms with E-state index >= 15 is 0 Å². The molecular weight excluding hydrogens is 256 g/mol. The van der Waals surface area contributed by atoms with Gasteiger partial charge >= 0.3 is 5.69 Å². The lowest BCUT2D eigenvalue weighted by molar-refractivity contribution is -0.387. The maximum atomic E-state index is 11.1. The summed E-state index contributed by atoms with van der Waals surface area (Å²) >= 11 is 1.16. The number of rotatable bonds is 6. The largest absolute Gasteiger partial charge is 0.392 e. The quantitative estimate of drug-likeness (QED) is 0.351. The topological polar surface area (TPSA) is 101 Å². The maximum Gasteiger partial charge on any atom is 0.343 e. The van der Waals surface area contributed by atoms with Gasteiger partial charge in [0.05, 0.1) is 11.0 Å². The van der Waals surface area contributed by atoms with Crippen molar-refractivity contribution in [3.8, 4) is 0 Å². The predicted molar refractivity (Wildman–Crippen MR) is 69.8 cm³/mol. The summed E-state index contributed by atoms with van der Waals surface area (Å²) in [5.74, 6) is 0.206. The monoisotopic (exact) mass is 272 g/mol. The normalized spacial score (nSPS) is 14.0. The summed E-state index contributed by atoms with van der Waals surface area (Å²) < 4.78 is 0. The average molecular weight is 272 g/mol. The Morgan fingerprint density at radius 2 is 2.22 bits per heavy atom. The van der Waals surface area contributed by atoms with Crippen LogP contribution in [0.4, 0.5) is 11.5 Å². The summed E-state index contributed by atoms with van der Waals surface area (Å²) in [6.07, 6.45) is 0.703. The molecule has 7 nitrogen and oxygen atoms in total. The highest BCUT2D eigenvalue weighted by atomic mass is 32.2. The zero-order chi connectivity index (χ0) is 13.7. The highest BCUT2D eigenvalue weighted by molar-refractivity contribution is 8.00. The Balaban J connectivity index is 3.10. The van der Waals surface area contributed by atoms with Crippen LogP contribution in [0.2, 0.25) is 0 Å². The van der Waals surface area contributed by atoms with Crippen molar-refractivity contribution >= 4 is 23.3 Å². The number of nitrogens with one attached hydrogen (secondary N) is 1. The van der Waals surface area contributed by atoms with Crippen molar-refractivity contribution in [2.24, 2.45) is 0 Å². The van der Waals surface area contributed by atoms with Gasteiger partial charge in [0, 0.05) is 11.8 Å². The fourth-order valence-corrected chi connectivity index (χ4v) is 2.12. The first-order chi connectivity index (χ1) is 8.47. The molecule has 2 N–H and O–H groups in total. The fourth-order valence-electron chi connectivity index (χ4n) is 1.18. The molecule has 18 heavy (non-hydrogen) atoms. The molecule has 0 bridgehead atoms. The molecule has 0 aliphatic carbocycles. The Bertz CT molecular complexity index is 428. The van der Waals surface area contributed by atoms with E-state index < -0.39 is 11.0 Å². The number of aliphatic hydroxyl groups is 1. The molecule has 100 valence electrons. The molecule has 1 rings (SSSR count). The lowest BCUT2D eigenvalue weighted by atomic mass is 10.3. The zero-order valence-electron chi connectivity index (χ0n) is 10.5. The average Bonchev–Trinajstić information content (AvgIpc) is 2.29. The molecule has 1 heterocycles. The van der Waals surface area contributed by atoms with Crippen LogP contribution in [-0.4, -0.2) is 37.9 Å². The van der Waals surface area contributed by atoms with Gasteiger partial charge in [-0.25, -0.2) is 9.97 Å². The zero-order valence-corrected chi connectivity index (χ0v) is 11.3. The summed E-state index contributed by atoms with van der Waals surface area (Å²) in [6, 6.07) is 0. The first-order valence-electron chi connectivity index (χ1n) is 5.55. The molecule has 0 fully saturated rings. The molecular formula is C10H16N4O3S. The number of aromatic nitrogens is 2. The van der Waals surface area contributed by atoms with Gasteiger partial charge in [-0.15, -0.1) is 0 Å². The van der Waals surface area contributed by atoms with E-state index in [1.54, 1.807) is 13.8 Å². The second-order valence-electron chi connectivity index (χ2n) is 3.73. The van der Waals surface area contributed by atoms with Gasteiger partial charge in [-0.2, -0.15) is 0 Å². The molecule has 2 unspecified atom stereocenters. The SMILES string of the molecule is CCNc1ncnc(SC(C)C(C)O)c1[N+](=O)[O-]. The first-order valence-corrected chi connectivity index (χ1v) is 6.43. The molecule has 0 amide bonds. The van der Waals surface area contributed by atoms with Crippen LogP contribution in [0, 0.1) is 10.1 Å². The highest BCUT2D eigenvalue weighted by Crippen LogP contribution is 2.35. The second kappa shape index (κ2) is 6.50. The Labute approximate surface area is 109 Å². The minimum Gasteiger partial charge on any atom is -0.392 e. The van der Waals surface area contributed by atoms with Gasteiger partial charge < -0.3 is 10.4 Å². The third kappa shape index (κ3) is 3.54. The molecule has 8 heteroatoms. The summed E-state index contributed by atoms with van der Waals surface area (Å²) in [7, 11) is 0. The van der Waals surface area contributed by atoms with Crippen LogP contribution in [0.5, 0.6) is 0 Å². The number of aliphatic hydroxyl groups excluding tert-OH is 1. The van der Waals surface area contributed by atoms with Gasteiger partial charge in [0.25, 0.3) is 0 Å². The summed E-state index contributed by atoms with van der Waals surface area (Å²) in [6.45, 7) is 5.79. The van der Waals surface area contributed by atoms with Gasteiger partial charge in [-0.05, 0) is 13.8 Å². The third-order valence-electron chi connectivity index (χ3n) is 2.29. The Morgan fingerprint density at radius 3 is 2.72 bits per heavy atom. The molecule has 2 atom stereocenters. The molecule has 0 spiro atoms. The van der Waals surface area contributed by atoms with E-state index in [4.69, 9.17) is 0 Å². The van der Waals surface area contributed by atoms with E-state index in [-0.39, 0.29) is 21.8 Å². The lowest BCUT2D eigenvalue weighted by Crippen LogP contribution is -2.16. The van der Waals surface area contributed by atoms with Crippen molar-refractivity contribution in [3.05, 3.63) is 16.4 Å². The molecule has 1 aromatic heterocycles.